The van der Waals surface area contributed by atoms with Gasteiger partial charge in [0.2, 0.25) is 0 Å². The lowest BCUT2D eigenvalue weighted by molar-refractivity contribution is 0.320. The Balaban J connectivity index is 1.66. The third-order valence-corrected chi connectivity index (χ3v) is 11.8. The Morgan fingerprint density at radius 3 is 0.573 bits per heavy atom. The second-order valence-electron chi connectivity index (χ2n) is 16.3. The summed E-state index contributed by atoms with van der Waals surface area (Å²) in [6.07, 6.45) is 1.26. The largest absolute Gasteiger partial charge is 0.496 e. The van der Waals surface area contributed by atoms with Gasteiger partial charge in [-0.05, 0) is 88.3 Å². The van der Waals surface area contributed by atoms with Gasteiger partial charge in [0.15, 0.2) is 0 Å². The highest BCUT2D eigenvalue weighted by molar-refractivity contribution is 5.59. The van der Waals surface area contributed by atoms with Crippen molar-refractivity contribution in [1.82, 2.24) is 0 Å². The lowest BCUT2D eigenvalue weighted by Crippen LogP contribution is -2.09. The predicted octanol–water partition coefficient (Wildman–Crippen LogP) is 11.4. The molecule has 0 aromatic heterocycles. The summed E-state index contributed by atoms with van der Waals surface area (Å²) in [5, 5.41) is 18.4. The van der Waals surface area contributed by atoms with E-state index < -0.39 is 0 Å². The normalized spacial score (nSPS) is 11.3. The fourth-order valence-electron chi connectivity index (χ4n) is 8.46. The Labute approximate surface area is 431 Å². The van der Waals surface area contributed by atoms with Crippen LogP contribution < -0.4 is 47.4 Å². The van der Waals surface area contributed by atoms with Crippen LogP contribution in [0.3, 0.4) is 0 Å². The first kappa shape index (κ1) is 55.0. The molecule has 0 amide bonds. The lowest BCUT2D eigenvalue weighted by Gasteiger charge is -2.21. The zero-order valence-corrected chi connectivity index (χ0v) is 42.2. The molecule has 0 unspecified atom stereocenters. The van der Waals surface area contributed by atoms with Crippen molar-refractivity contribution >= 4 is 0 Å². The molecule has 0 heterocycles. The van der Waals surface area contributed by atoms with E-state index in [1.165, 1.54) is 0 Å². The minimum Gasteiger partial charge on any atom is -0.496 e. The van der Waals surface area contributed by atoms with Crippen molar-refractivity contribution in [3.05, 3.63) is 169 Å². The van der Waals surface area contributed by atoms with Gasteiger partial charge in [0.05, 0.1) is 101 Å². The van der Waals surface area contributed by atoms with E-state index in [1.54, 1.807) is 35.5 Å². The molecule has 15 rings (SSSR count). The van der Waals surface area contributed by atoms with Gasteiger partial charge in [-0.25, -0.2) is 0 Å². The molecule has 0 saturated heterocycles. The summed E-state index contributed by atoms with van der Waals surface area (Å²) in [5.74, 6) is 4.95. The first-order valence-corrected chi connectivity index (χ1v) is 23.4. The molecule has 0 atom stereocenters. The standard InChI is InChI=1S/C50H55N15O10/c1-66-41-21-36-17-32-27-48(73-13-8-58-63-53)38(23-43(32)68-3)19-34-29-50(75-15-10-60-65-55)40(25-45(34)70-5)20-35-30-49(74-14-9-59-64-54)39(24-44(35)69-4)18-33-28-47(72-12-7-57-62-52)37(22-42(33)67-2)16-31(41)26-46(36)71-11-6-56-61-51/h21-30H,6-20H2,1-5H3. The minimum atomic E-state index is 0.0560. The summed E-state index contributed by atoms with van der Waals surface area (Å²) in [6.45, 7) is 0.577. The molecule has 0 spiro atoms. The number of ether oxygens (including phenoxy) is 10. The van der Waals surface area contributed by atoms with Gasteiger partial charge in [-0.3, -0.25) is 0 Å². The van der Waals surface area contributed by atoms with Gasteiger partial charge in [-0.1, -0.05) is 25.6 Å². The van der Waals surface area contributed by atoms with Crippen LogP contribution in [0.1, 0.15) is 55.6 Å². The fourth-order valence-corrected chi connectivity index (χ4v) is 8.46. The van der Waals surface area contributed by atoms with Crippen LogP contribution in [0.25, 0.3) is 52.2 Å². The Bertz CT molecular complexity index is 2600. The van der Waals surface area contributed by atoms with Crippen LogP contribution in [0, 0.1) is 0 Å². The summed E-state index contributed by atoms with van der Waals surface area (Å²) >= 11 is 0. The van der Waals surface area contributed by atoms with Crippen molar-refractivity contribution in [2.45, 2.75) is 32.1 Å². The predicted molar refractivity (Wildman–Crippen MR) is 277 cm³/mol. The Morgan fingerprint density at radius 2 is 0.427 bits per heavy atom. The quantitative estimate of drug-likeness (QED) is 0.0226. The van der Waals surface area contributed by atoms with Crippen molar-refractivity contribution in [2.75, 3.05) is 101 Å². The molecule has 10 bridgehead atoms. The van der Waals surface area contributed by atoms with E-state index in [-0.39, 0.29) is 97.9 Å². The average Bonchev–Trinajstić information content (AvgIpc) is 3.42. The maximum atomic E-state index is 9.08. The van der Waals surface area contributed by atoms with Gasteiger partial charge in [0, 0.05) is 112 Å². The van der Waals surface area contributed by atoms with Crippen molar-refractivity contribution in [2.24, 2.45) is 25.6 Å². The molecule has 75 heavy (non-hydrogen) atoms. The maximum absolute atomic E-state index is 9.08. The molecule has 0 fully saturated rings. The zero-order valence-electron chi connectivity index (χ0n) is 42.2. The van der Waals surface area contributed by atoms with E-state index in [0.717, 1.165) is 0 Å². The minimum absolute atomic E-state index is 0.0560. The Morgan fingerprint density at radius 1 is 0.280 bits per heavy atom. The van der Waals surface area contributed by atoms with Gasteiger partial charge < -0.3 is 47.4 Å². The third-order valence-electron chi connectivity index (χ3n) is 11.8. The second-order valence-corrected chi connectivity index (χ2v) is 16.3. The average molecular weight is 1030 g/mol. The van der Waals surface area contributed by atoms with E-state index >= 15 is 0 Å². The number of hydrogen-bond acceptors (Lipinski definition) is 15. The van der Waals surface area contributed by atoms with Crippen LogP contribution in [0.2, 0.25) is 0 Å². The topological polar surface area (TPSA) is 336 Å². The van der Waals surface area contributed by atoms with Crippen LogP contribution >= 0.6 is 0 Å². The number of nitrogens with zero attached hydrogens (tertiary/aromatic N) is 15. The molecular formula is C50H55N15O10. The first-order chi connectivity index (χ1) is 36.7. The summed E-state index contributed by atoms with van der Waals surface area (Å²) in [6, 6.07) is 18.7. The third kappa shape index (κ3) is 14.9. The Hall–Kier alpha value is -9.35. The van der Waals surface area contributed by atoms with Gasteiger partial charge in [0.25, 0.3) is 0 Å². The van der Waals surface area contributed by atoms with Gasteiger partial charge in [0.1, 0.15) is 57.5 Å². The van der Waals surface area contributed by atoms with E-state index in [2.05, 4.69) is 50.1 Å². The summed E-state index contributed by atoms with van der Waals surface area (Å²) in [4.78, 5) is 14.5. The van der Waals surface area contributed by atoms with Crippen molar-refractivity contribution < 1.29 is 47.4 Å². The van der Waals surface area contributed by atoms with Crippen LogP contribution in [0.4, 0.5) is 0 Å². The molecule has 0 aliphatic heterocycles. The highest BCUT2D eigenvalue weighted by Gasteiger charge is 2.24. The molecule has 0 radical (unpaired) electrons. The van der Waals surface area contributed by atoms with E-state index in [4.69, 9.17) is 75.0 Å². The smallest absolute Gasteiger partial charge is 0.123 e. The lowest BCUT2D eigenvalue weighted by atomic mass is 9.94. The van der Waals surface area contributed by atoms with Crippen LogP contribution in [0.5, 0.6) is 57.5 Å². The number of methoxy groups -OCH3 is 5. The van der Waals surface area contributed by atoms with Gasteiger partial charge in [-0.2, -0.15) is 0 Å². The number of benzene rings is 5. The molecule has 10 aliphatic rings. The van der Waals surface area contributed by atoms with Crippen molar-refractivity contribution in [1.29, 1.82) is 0 Å². The summed E-state index contributed by atoms with van der Waals surface area (Å²) in [5.41, 5.74) is 52.4. The second kappa shape index (κ2) is 28.6. The van der Waals surface area contributed by atoms with Gasteiger partial charge >= 0.3 is 0 Å². The van der Waals surface area contributed by atoms with Crippen molar-refractivity contribution in [3.8, 4) is 57.5 Å². The molecule has 0 saturated carbocycles. The first-order valence-electron chi connectivity index (χ1n) is 23.4. The van der Waals surface area contributed by atoms with Crippen LogP contribution in [-0.2, 0) is 32.1 Å². The van der Waals surface area contributed by atoms with E-state index in [1.807, 2.05) is 60.7 Å². The van der Waals surface area contributed by atoms with E-state index in [0.29, 0.717) is 113 Å². The SMILES string of the molecule is COc1cc2c(OCCN=[N+]=[N-])cc1Cc1cc(OC)c(cc1OCCN=[N+]=[N-])Cc1cc(OC)c(cc1OCCN=[N+]=[N-])Cc1cc(OC)c(cc1OCCN=[N+]=[N-])Cc1cc(OC)c(cc1OCCN=[N+]=[N-])C2. The number of hydrogen-bond donors (Lipinski definition) is 0. The Kier molecular flexibility index (Phi) is 21.0. The fraction of sp³-hybridized carbons (Fsp3) is 0.400. The molecule has 5 aromatic carbocycles. The molecular weight excluding hydrogens is 971 g/mol. The van der Waals surface area contributed by atoms with Crippen molar-refractivity contribution in [3.63, 3.8) is 0 Å². The highest BCUT2D eigenvalue weighted by atomic mass is 16.5. The summed E-state index contributed by atoms with van der Waals surface area (Å²) in [7, 11) is 7.83. The maximum Gasteiger partial charge on any atom is 0.123 e. The zero-order chi connectivity index (χ0) is 53.4. The molecule has 25 heteroatoms. The number of rotatable bonds is 25. The van der Waals surface area contributed by atoms with E-state index in [9.17, 15) is 0 Å². The highest BCUT2D eigenvalue weighted by Crippen LogP contribution is 2.42. The molecule has 10 aliphatic carbocycles. The summed E-state index contributed by atoms with van der Waals surface area (Å²) < 4.78 is 62.2. The number of azide groups is 5. The molecule has 0 N–H and O–H groups in total. The molecule has 25 nitrogen and oxygen atoms in total. The monoisotopic (exact) mass is 1030 g/mol. The molecule has 5 aromatic rings. The molecule has 390 valence electrons. The van der Waals surface area contributed by atoms with Crippen LogP contribution in [0.15, 0.2) is 86.2 Å². The van der Waals surface area contributed by atoms with Gasteiger partial charge in [-0.15, -0.1) is 0 Å². The van der Waals surface area contributed by atoms with Crippen LogP contribution in [-0.4, -0.2) is 101 Å².